The first-order valence-corrected chi connectivity index (χ1v) is 5.02. The number of carbonyl (C=O) groups is 2. The lowest BCUT2D eigenvalue weighted by Gasteiger charge is -2.05. The summed E-state index contributed by atoms with van der Waals surface area (Å²) >= 11 is 0. The number of hydrogen-bond acceptors (Lipinski definition) is 4. The highest BCUT2D eigenvalue weighted by Gasteiger charge is 2.16. The van der Waals surface area contributed by atoms with Crippen LogP contribution in [0.4, 0.5) is 0 Å². The molecule has 0 aromatic heterocycles. The second-order valence-corrected chi connectivity index (χ2v) is 3.56. The van der Waals surface area contributed by atoms with Crippen LogP contribution < -0.4 is 0 Å². The fraction of sp³-hybridized carbons (Fsp3) is 0.636. The van der Waals surface area contributed by atoms with Crippen molar-refractivity contribution in [3.63, 3.8) is 0 Å². The van der Waals surface area contributed by atoms with Crippen molar-refractivity contribution in [1.82, 2.24) is 0 Å². The summed E-state index contributed by atoms with van der Waals surface area (Å²) in [5.74, 6) is -1.32. The molecule has 0 N–H and O–H groups in total. The largest absolute Gasteiger partial charge is 0.457 e. The van der Waals surface area contributed by atoms with Gasteiger partial charge in [0.05, 0.1) is 6.61 Å². The van der Waals surface area contributed by atoms with Gasteiger partial charge in [0.15, 0.2) is 0 Å². The Labute approximate surface area is 90.2 Å². The molecule has 4 nitrogen and oxygen atoms in total. The average molecular weight is 214 g/mol. The average Bonchev–Trinajstić information content (AvgIpc) is 2.20. The van der Waals surface area contributed by atoms with Gasteiger partial charge in [-0.15, -0.1) is 0 Å². The highest BCUT2D eigenvalue weighted by atomic mass is 16.6. The third kappa shape index (κ3) is 7.73. The number of ether oxygens (including phenoxy) is 2. The lowest BCUT2D eigenvalue weighted by atomic mass is 10.1. The van der Waals surface area contributed by atoms with E-state index in [1.54, 1.807) is 0 Å². The Balaban J connectivity index is 3.55. The number of carbonyl (C=O) groups excluding carboxylic acids is 2. The van der Waals surface area contributed by atoms with Crippen molar-refractivity contribution in [2.75, 3.05) is 13.2 Å². The molecule has 0 aromatic rings. The summed E-state index contributed by atoms with van der Waals surface area (Å²) in [5, 5.41) is 0. The van der Waals surface area contributed by atoms with Crippen LogP contribution in [0.1, 0.15) is 26.7 Å². The molecule has 4 heteroatoms. The zero-order chi connectivity index (χ0) is 11.7. The van der Waals surface area contributed by atoms with Crippen molar-refractivity contribution < 1.29 is 19.1 Å². The molecule has 0 saturated heterocycles. The summed E-state index contributed by atoms with van der Waals surface area (Å²) in [7, 11) is 0. The first kappa shape index (κ1) is 13.7. The molecule has 0 spiro atoms. The monoisotopic (exact) mass is 214 g/mol. The molecule has 0 rings (SSSR count). The molecule has 0 radical (unpaired) electrons. The number of hydrogen-bond donors (Lipinski definition) is 0. The van der Waals surface area contributed by atoms with Gasteiger partial charge in [-0.05, 0) is 18.8 Å². The Kier molecular flexibility index (Phi) is 7.32. The van der Waals surface area contributed by atoms with Crippen LogP contribution >= 0.6 is 0 Å². The van der Waals surface area contributed by atoms with Crippen LogP contribution in [0, 0.1) is 5.92 Å². The van der Waals surface area contributed by atoms with Crippen LogP contribution in [0.5, 0.6) is 0 Å². The smallest absolute Gasteiger partial charge is 0.417 e. The molecule has 86 valence electrons. The van der Waals surface area contributed by atoms with Gasteiger partial charge in [-0.2, -0.15) is 0 Å². The summed E-state index contributed by atoms with van der Waals surface area (Å²) in [5.41, 5.74) is 0. The van der Waals surface area contributed by atoms with Gasteiger partial charge in [-0.3, -0.25) is 0 Å². The maximum absolute atomic E-state index is 11.0. The molecular formula is C11H18O4. The van der Waals surface area contributed by atoms with E-state index in [0.29, 0.717) is 5.92 Å². The summed E-state index contributed by atoms with van der Waals surface area (Å²) in [6.07, 6.45) is 3.12. The molecule has 0 atom stereocenters. The third-order valence-corrected chi connectivity index (χ3v) is 1.66. The van der Waals surface area contributed by atoms with E-state index in [1.165, 1.54) is 6.08 Å². The zero-order valence-electron chi connectivity index (χ0n) is 9.32. The molecule has 0 aromatic carbocycles. The van der Waals surface area contributed by atoms with Gasteiger partial charge >= 0.3 is 11.9 Å². The standard InChI is InChI=1S/C11H18O4/c1-4-7-14-10(12)11(13)15-8-5-6-9(2)3/h4,9H,1,5-8H2,2-3H3. The zero-order valence-corrected chi connectivity index (χ0v) is 9.32. The Bertz CT molecular complexity index is 221. The van der Waals surface area contributed by atoms with Gasteiger partial charge in [0.2, 0.25) is 0 Å². The van der Waals surface area contributed by atoms with Crippen molar-refractivity contribution >= 4 is 11.9 Å². The highest BCUT2D eigenvalue weighted by molar-refractivity contribution is 6.29. The van der Waals surface area contributed by atoms with E-state index in [0.717, 1.165) is 12.8 Å². The first-order chi connectivity index (χ1) is 7.07. The quantitative estimate of drug-likeness (QED) is 0.292. The minimum Gasteiger partial charge on any atom is -0.457 e. The molecule has 0 bridgehead atoms. The van der Waals surface area contributed by atoms with E-state index in [4.69, 9.17) is 4.74 Å². The lowest BCUT2D eigenvalue weighted by molar-refractivity contribution is -0.167. The SMILES string of the molecule is C=CCOC(=O)C(=O)OCCCC(C)C. The highest BCUT2D eigenvalue weighted by Crippen LogP contribution is 2.03. The summed E-state index contributed by atoms with van der Waals surface area (Å²) in [6.45, 7) is 7.82. The van der Waals surface area contributed by atoms with Crippen LogP contribution in [0.3, 0.4) is 0 Å². The molecule has 0 saturated carbocycles. The molecule has 0 fully saturated rings. The van der Waals surface area contributed by atoms with Gasteiger partial charge in [0.25, 0.3) is 0 Å². The number of rotatable bonds is 6. The Morgan fingerprint density at radius 2 is 1.87 bits per heavy atom. The van der Waals surface area contributed by atoms with Crippen molar-refractivity contribution in [1.29, 1.82) is 0 Å². The molecular weight excluding hydrogens is 196 g/mol. The first-order valence-electron chi connectivity index (χ1n) is 5.02. The fourth-order valence-electron chi connectivity index (χ4n) is 0.909. The third-order valence-electron chi connectivity index (χ3n) is 1.66. The van der Waals surface area contributed by atoms with E-state index in [2.05, 4.69) is 25.2 Å². The van der Waals surface area contributed by atoms with Crippen LogP contribution in [0.2, 0.25) is 0 Å². The molecule has 15 heavy (non-hydrogen) atoms. The van der Waals surface area contributed by atoms with Crippen molar-refractivity contribution in [3.05, 3.63) is 12.7 Å². The van der Waals surface area contributed by atoms with Crippen LogP contribution in [-0.2, 0) is 19.1 Å². The van der Waals surface area contributed by atoms with Crippen LogP contribution in [0.25, 0.3) is 0 Å². The summed E-state index contributed by atoms with van der Waals surface area (Å²) in [6, 6.07) is 0. The summed E-state index contributed by atoms with van der Waals surface area (Å²) in [4.78, 5) is 21.8. The van der Waals surface area contributed by atoms with Crippen LogP contribution in [-0.4, -0.2) is 25.2 Å². The lowest BCUT2D eigenvalue weighted by Crippen LogP contribution is -2.21. The Hall–Kier alpha value is -1.32. The van der Waals surface area contributed by atoms with Crippen molar-refractivity contribution in [2.24, 2.45) is 5.92 Å². The van der Waals surface area contributed by atoms with E-state index < -0.39 is 11.9 Å². The topological polar surface area (TPSA) is 52.6 Å². The van der Waals surface area contributed by atoms with Gasteiger partial charge in [-0.25, -0.2) is 9.59 Å². The van der Waals surface area contributed by atoms with Gasteiger partial charge < -0.3 is 9.47 Å². The maximum Gasteiger partial charge on any atom is 0.417 e. The normalized spacial score (nSPS) is 9.80. The van der Waals surface area contributed by atoms with E-state index in [9.17, 15) is 9.59 Å². The molecule has 0 heterocycles. The van der Waals surface area contributed by atoms with E-state index in [1.807, 2.05) is 0 Å². The molecule has 0 unspecified atom stereocenters. The van der Waals surface area contributed by atoms with Gasteiger partial charge in [-0.1, -0.05) is 26.5 Å². The van der Waals surface area contributed by atoms with Gasteiger partial charge in [0.1, 0.15) is 6.61 Å². The second kappa shape index (κ2) is 8.03. The second-order valence-electron chi connectivity index (χ2n) is 3.56. The fourth-order valence-corrected chi connectivity index (χ4v) is 0.909. The maximum atomic E-state index is 11.0. The summed E-state index contributed by atoms with van der Waals surface area (Å²) < 4.78 is 9.20. The minimum absolute atomic E-state index is 0.0277. The predicted molar refractivity (Wildman–Crippen MR) is 56.2 cm³/mol. The number of esters is 2. The molecule has 0 aliphatic rings. The Morgan fingerprint density at radius 3 is 2.40 bits per heavy atom. The molecule has 0 aliphatic carbocycles. The molecule has 0 aliphatic heterocycles. The predicted octanol–water partition coefficient (Wildman–Crippen LogP) is 1.69. The van der Waals surface area contributed by atoms with Crippen molar-refractivity contribution in [2.45, 2.75) is 26.7 Å². The Morgan fingerprint density at radius 1 is 1.27 bits per heavy atom. The van der Waals surface area contributed by atoms with Crippen molar-refractivity contribution in [3.8, 4) is 0 Å². The minimum atomic E-state index is -0.959. The van der Waals surface area contributed by atoms with Gasteiger partial charge in [0, 0.05) is 0 Å². The van der Waals surface area contributed by atoms with Crippen LogP contribution in [0.15, 0.2) is 12.7 Å². The van der Waals surface area contributed by atoms with E-state index in [-0.39, 0.29) is 13.2 Å². The van der Waals surface area contributed by atoms with E-state index >= 15 is 0 Å². The molecule has 0 amide bonds.